The minimum Gasteiger partial charge on any atom is -0.313 e. The second-order valence-corrected chi connectivity index (χ2v) is 5.88. The predicted molar refractivity (Wildman–Crippen MR) is 63.5 cm³/mol. The average Bonchev–Trinajstić information content (AvgIpc) is 2.49. The van der Waals surface area contributed by atoms with Crippen LogP contribution in [0.2, 0.25) is 0 Å². The first-order chi connectivity index (χ1) is 6.46. The third-order valence-electron chi connectivity index (χ3n) is 4.22. The lowest BCUT2D eigenvalue weighted by Gasteiger charge is -2.41. The highest BCUT2D eigenvalue weighted by atomic mass is 15.0. The fourth-order valence-corrected chi connectivity index (χ4v) is 3.28. The van der Waals surface area contributed by atoms with Crippen molar-refractivity contribution in [3.63, 3.8) is 0 Å². The third kappa shape index (κ3) is 2.13. The van der Waals surface area contributed by atoms with Gasteiger partial charge in [0.1, 0.15) is 0 Å². The molecule has 1 aliphatic heterocycles. The molecule has 0 radical (unpaired) electrons. The maximum atomic E-state index is 3.72. The van der Waals surface area contributed by atoms with Gasteiger partial charge in [-0.1, -0.05) is 41.0 Å². The van der Waals surface area contributed by atoms with E-state index in [1.54, 1.807) is 0 Å². The molecule has 84 valence electrons. The molecular formula is C13H27N. The molecule has 1 rings (SSSR count). The van der Waals surface area contributed by atoms with E-state index in [4.69, 9.17) is 0 Å². The summed E-state index contributed by atoms with van der Waals surface area (Å²) in [6, 6.07) is 0.708. The molecule has 0 amide bonds. The summed E-state index contributed by atoms with van der Waals surface area (Å²) in [6.45, 7) is 13.1. The van der Waals surface area contributed by atoms with Gasteiger partial charge in [-0.25, -0.2) is 0 Å². The Morgan fingerprint density at radius 3 is 2.50 bits per heavy atom. The zero-order valence-electron chi connectivity index (χ0n) is 10.6. The van der Waals surface area contributed by atoms with Crippen LogP contribution in [-0.2, 0) is 0 Å². The van der Waals surface area contributed by atoms with Crippen molar-refractivity contribution in [1.82, 2.24) is 5.32 Å². The first kappa shape index (κ1) is 12.0. The summed E-state index contributed by atoms with van der Waals surface area (Å²) in [5.41, 5.74) is 0.981. The topological polar surface area (TPSA) is 12.0 Å². The van der Waals surface area contributed by atoms with Crippen LogP contribution < -0.4 is 5.32 Å². The molecule has 0 bridgehead atoms. The van der Waals surface area contributed by atoms with Crippen molar-refractivity contribution >= 4 is 0 Å². The summed E-state index contributed by atoms with van der Waals surface area (Å²) in [5, 5.41) is 3.72. The Balaban J connectivity index is 2.75. The van der Waals surface area contributed by atoms with Crippen LogP contribution in [0.1, 0.15) is 60.3 Å². The van der Waals surface area contributed by atoms with Crippen molar-refractivity contribution in [2.75, 3.05) is 6.54 Å². The highest BCUT2D eigenvalue weighted by molar-refractivity contribution is 5.00. The molecule has 1 heterocycles. The standard InChI is InChI=1S/C13H27N/c1-6-8-12(3,4)11-13(5,7-2)9-10-14-11/h11,14H,6-10H2,1-5H3. The van der Waals surface area contributed by atoms with Crippen LogP contribution in [0.3, 0.4) is 0 Å². The van der Waals surface area contributed by atoms with E-state index >= 15 is 0 Å². The van der Waals surface area contributed by atoms with Crippen molar-refractivity contribution in [2.24, 2.45) is 10.8 Å². The molecule has 2 unspecified atom stereocenters. The summed E-state index contributed by atoms with van der Waals surface area (Å²) in [5.74, 6) is 0. The van der Waals surface area contributed by atoms with E-state index in [1.165, 1.54) is 32.2 Å². The Labute approximate surface area is 89.7 Å². The average molecular weight is 197 g/mol. The number of rotatable bonds is 4. The van der Waals surface area contributed by atoms with E-state index in [1.807, 2.05) is 0 Å². The second-order valence-electron chi connectivity index (χ2n) is 5.88. The fourth-order valence-electron chi connectivity index (χ4n) is 3.28. The van der Waals surface area contributed by atoms with Crippen LogP contribution in [0.4, 0.5) is 0 Å². The van der Waals surface area contributed by atoms with Gasteiger partial charge in [-0.15, -0.1) is 0 Å². The van der Waals surface area contributed by atoms with Crippen molar-refractivity contribution < 1.29 is 0 Å². The number of hydrogen-bond donors (Lipinski definition) is 1. The lowest BCUT2D eigenvalue weighted by Crippen LogP contribution is -2.46. The molecule has 1 N–H and O–H groups in total. The zero-order chi connectivity index (χ0) is 10.8. The molecule has 1 nitrogen and oxygen atoms in total. The lowest BCUT2D eigenvalue weighted by molar-refractivity contribution is 0.126. The molecule has 0 aromatic rings. The predicted octanol–water partition coefficient (Wildman–Crippen LogP) is 3.59. The molecule has 2 atom stereocenters. The maximum Gasteiger partial charge on any atom is 0.0172 e. The van der Waals surface area contributed by atoms with Gasteiger partial charge in [-0.2, -0.15) is 0 Å². The van der Waals surface area contributed by atoms with Gasteiger partial charge in [0, 0.05) is 6.04 Å². The highest BCUT2D eigenvalue weighted by Crippen LogP contribution is 2.44. The quantitative estimate of drug-likeness (QED) is 0.726. The highest BCUT2D eigenvalue weighted by Gasteiger charge is 2.44. The molecule has 1 heteroatoms. The first-order valence-corrected chi connectivity index (χ1v) is 6.19. The Morgan fingerprint density at radius 1 is 1.36 bits per heavy atom. The normalized spacial score (nSPS) is 33.6. The molecule has 14 heavy (non-hydrogen) atoms. The minimum absolute atomic E-state index is 0.454. The van der Waals surface area contributed by atoms with Crippen molar-refractivity contribution in [2.45, 2.75) is 66.3 Å². The van der Waals surface area contributed by atoms with Crippen molar-refractivity contribution in [3.8, 4) is 0 Å². The van der Waals surface area contributed by atoms with Gasteiger partial charge < -0.3 is 5.32 Å². The van der Waals surface area contributed by atoms with Crippen LogP contribution in [0.15, 0.2) is 0 Å². The Hall–Kier alpha value is -0.0400. The molecule has 0 aromatic heterocycles. The van der Waals surface area contributed by atoms with Gasteiger partial charge in [0.05, 0.1) is 0 Å². The molecule has 1 aliphatic rings. The largest absolute Gasteiger partial charge is 0.313 e. The van der Waals surface area contributed by atoms with E-state index in [-0.39, 0.29) is 0 Å². The summed E-state index contributed by atoms with van der Waals surface area (Å²) in [6.07, 6.45) is 5.28. The van der Waals surface area contributed by atoms with Crippen LogP contribution in [-0.4, -0.2) is 12.6 Å². The second kappa shape index (κ2) is 4.22. The van der Waals surface area contributed by atoms with Crippen LogP contribution in [0, 0.1) is 10.8 Å². The van der Waals surface area contributed by atoms with Gasteiger partial charge in [0.25, 0.3) is 0 Å². The molecule has 1 saturated heterocycles. The molecule has 0 aliphatic carbocycles. The van der Waals surface area contributed by atoms with E-state index in [0.29, 0.717) is 16.9 Å². The summed E-state index contributed by atoms with van der Waals surface area (Å²) in [7, 11) is 0. The number of hydrogen-bond acceptors (Lipinski definition) is 1. The molecule has 0 aromatic carbocycles. The SMILES string of the molecule is CCCC(C)(C)C1NCCC1(C)CC. The Morgan fingerprint density at radius 2 is 2.00 bits per heavy atom. The number of nitrogens with one attached hydrogen (secondary N) is 1. The Kier molecular flexibility index (Phi) is 3.63. The zero-order valence-corrected chi connectivity index (χ0v) is 10.6. The summed E-state index contributed by atoms with van der Waals surface area (Å²) < 4.78 is 0. The van der Waals surface area contributed by atoms with Gasteiger partial charge in [-0.05, 0) is 36.6 Å². The minimum atomic E-state index is 0.454. The fraction of sp³-hybridized carbons (Fsp3) is 1.00. The smallest absolute Gasteiger partial charge is 0.0172 e. The lowest BCUT2D eigenvalue weighted by atomic mass is 9.67. The summed E-state index contributed by atoms with van der Waals surface area (Å²) in [4.78, 5) is 0. The molecule has 1 fully saturated rings. The van der Waals surface area contributed by atoms with E-state index in [2.05, 4.69) is 39.9 Å². The van der Waals surface area contributed by atoms with Gasteiger partial charge in [-0.3, -0.25) is 0 Å². The van der Waals surface area contributed by atoms with Crippen LogP contribution in [0.25, 0.3) is 0 Å². The third-order valence-corrected chi connectivity index (χ3v) is 4.22. The molecule has 0 saturated carbocycles. The van der Waals surface area contributed by atoms with E-state index < -0.39 is 0 Å². The summed E-state index contributed by atoms with van der Waals surface area (Å²) >= 11 is 0. The van der Waals surface area contributed by atoms with Crippen LogP contribution >= 0.6 is 0 Å². The van der Waals surface area contributed by atoms with E-state index in [0.717, 1.165) is 0 Å². The van der Waals surface area contributed by atoms with Crippen molar-refractivity contribution in [1.29, 1.82) is 0 Å². The first-order valence-electron chi connectivity index (χ1n) is 6.19. The van der Waals surface area contributed by atoms with Crippen molar-refractivity contribution in [3.05, 3.63) is 0 Å². The molecular weight excluding hydrogens is 170 g/mol. The molecule has 0 spiro atoms. The van der Waals surface area contributed by atoms with Gasteiger partial charge in [0.15, 0.2) is 0 Å². The van der Waals surface area contributed by atoms with Gasteiger partial charge >= 0.3 is 0 Å². The van der Waals surface area contributed by atoms with Gasteiger partial charge in [0.2, 0.25) is 0 Å². The monoisotopic (exact) mass is 197 g/mol. The maximum absolute atomic E-state index is 3.72. The Bertz CT molecular complexity index is 186. The van der Waals surface area contributed by atoms with Crippen LogP contribution in [0.5, 0.6) is 0 Å². The van der Waals surface area contributed by atoms with E-state index in [9.17, 15) is 0 Å².